The molecule has 0 atom stereocenters. The van der Waals surface area contributed by atoms with Gasteiger partial charge in [-0.3, -0.25) is 4.90 Å². The predicted molar refractivity (Wildman–Crippen MR) is 75.3 cm³/mol. The largest absolute Gasteiger partial charge is 0.329 e. The molecule has 3 nitrogen and oxygen atoms in total. The quantitative estimate of drug-likeness (QED) is 0.798. The molecular weight excluding hydrogens is 210 g/mol. The van der Waals surface area contributed by atoms with Gasteiger partial charge in [0, 0.05) is 17.6 Å². The Morgan fingerprint density at radius 3 is 2.12 bits per heavy atom. The van der Waals surface area contributed by atoms with Gasteiger partial charge in [0.05, 0.1) is 0 Å². The molecule has 3 heteroatoms. The number of piperidine rings is 1. The maximum absolute atomic E-state index is 6.12. The molecule has 0 radical (unpaired) electrons. The van der Waals surface area contributed by atoms with Crippen molar-refractivity contribution in [3.05, 3.63) is 0 Å². The van der Waals surface area contributed by atoms with Gasteiger partial charge in [-0.15, -0.1) is 0 Å². The standard InChI is InChI=1S/C14H31N3/c1-6-13(3,4)16(5)14(12-15)8-10-17(7-2)11-9-14/h6-12,15H2,1-5H3. The molecule has 0 aromatic heterocycles. The Morgan fingerprint density at radius 2 is 1.76 bits per heavy atom. The molecule has 2 N–H and O–H groups in total. The van der Waals surface area contributed by atoms with Crippen LogP contribution in [0, 0.1) is 0 Å². The van der Waals surface area contributed by atoms with Crippen molar-refractivity contribution in [1.82, 2.24) is 9.80 Å². The van der Waals surface area contributed by atoms with Crippen molar-refractivity contribution in [3.8, 4) is 0 Å². The first-order valence-electron chi connectivity index (χ1n) is 7.08. The normalized spacial score (nSPS) is 22.1. The van der Waals surface area contributed by atoms with Gasteiger partial charge < -0.3 is 10.6 Å². The van der Waals surface area contributed by atoms with Gasteiger partial charge in [-0.25, -0.2) is 0 Å². The van der Waals surface area contributed by atoms with Crippen molar-refractivity contribution in [2.24, 2.45) is 5.73 Å². The fourth-order valence-corrected chi connectivity index (χ4v) is 2.84. The van der Waals surface area contributed by atoms with Crippen molar-refractivity contribution in [3.63, 3.8) is 0 Å². The highest BCUT2D eigenvalue weighted by Gasteiger charge is 2.41. The lowest BCUT2D eigenvalue weighted by atomic mass is 9.82. The zero-order valence-corrected chi connectivity index (χ0v) is 12.4. The Balaban J connectivity index is 2.77. The van der Waals surface area contributed by atoms with Gasteiger partial charge in [0.1, 0.15) is 0 Å². The minimum absolute atomic E-state index is 0.213. The zero-order valence-electron chi connectivity index (χ0n) is 12.4. The van der Waals surface area contributed by atoms with Crippen LogP contribution in [0.4, 0.5) is 0 Å². The summed E-state index contributed by atoms with van der Waals surface area (Å²) < 4.78 is 0. The third kappa shape index (κ3) is 3.01. The van der Waals surface area contributed by atoms with E-state index in [1.54, 1.807) is 0 Å². The minimum Gasteiger partial charge on any atom is -0.329 e. The van der Waals surface area contributed by atoms with Crippen molar-refractivity contribution >= 4 is 0 Å². The van der Waals surface area contributed by atoms with E-state index in [0.717, 1.165) is 6.54 Å². The van der Waals surface area contributed by atoms with Crippen LogP contribution in [0.15, 0.2) is 0 Å². The lowest BCUT2D eigenvalue weighted by Crippen LogP contribution is -2.63. The van der Waals surface area contributed by atoms with E-state index in [9.17, 15) is 0 Å². The summed E-state index contributed by atoms with van der Waals surface area (Å²) in [6.07, 6.45) is 3.58. The number of nitrogens with two attached hydrogens (primary N) is 1. The number of nitrogens with zero attached hydrogens (tertiary/aromatic N) is 2. The van der Waals surface area contributed by atoms with Crippen LogP contribution in [0.3, 0.4) is 0 Å². The van der Waals surface area contributed by atoms with E-state index < -0.39 is 0 Å². The van der Waals surface area contributed by atoms with Crippen LogP contribution in [-0.2, 0) is 0 Å². The summed E-state index contributed by atoms with van der Waals surface area (Å²) in [5.41, 5.74) is 6.57. The molecular formula is C14H31N3. The molecule has 17 heavy (non-hydrogen) atoms. The highest BCUT2D eigenvalue weighted by Crippen LogP contribution is 2.33. The molecule has 1 rings (SSSR count). The van der Waals surface area contributed by atoms with E-state index >= 15 is 0 Å². The van der Waals surface area contributed by atoms with Crippen LogP contribution in [0.2, 0.25) is 0 Å². The fourth-order valence-electron chi connectivity index (χ4n) is 2.84. The van der Waals surface area contributed by atoms with Crippen LogP contribution >= 0.6 is 0 Å². The molecule has 0 aromatic carbocycles. The summed E-state index contributed by atoms with van der Waals surface area (Å²) in [7, 11) is 2.26. The number of likely N-dealkylation sites (N-methyl/N-ethyl adjacent to an activating group) is 1. The summed E-state index contributed by atoms with van der Waals surface area (Å²) in [6.45, 7) is 13.5. The van der Waals surface area contributed by atoms with Crippen LogP contribution in [0.5, 0.6) is 0 Å². The summed E-state index contributed by atoms with van der Waals surface area (Å²) >= 11 is 0. The second-order valence-corrected chi connectivity index (χ2v) is 6.09. The molecule has 1 saturated heterocycles. The van der Waals surface area contributed by atoms with Crippen molar-refractivity contribution in [2.75, 3.05) is 33.2 Å². The summed E-state index contributed by atoms with van der Waals surface area (Å²) in [6, 6.07) is 0. The third-order valence-corrected chi connectivity index (χ3v) is 5.10. The average molecular weight is 241 g/mol. The number of hydrogen-bond acceptors (Lipinski definition) is 3. The minimum atomic E-state index is 0.213. The molecule has 0 spiro atoms. The highest BCUT2D eigenvalue weighted by molar-refractivity contribution is 4.99. The predicted octanol–water partition coefficient (Wildman–Crippen LogP) is 1.92. The fraction of sp³-hybridized carbons (Fsp3) is 1.00. The van der Waals surface area contributed by atoms with Crippen molar-refractivity contribution in [1.29, 1.82) is 0 Å². The number of rotatable bonds is 5. The van der Waals surface area contributed by atoms with Gasteiger partial charge in [0.25, 0.3) is 0 Å². The topological polar surface area (TPSA) is 32.5 Å². The molecule has 0 amide bonds. The van der Waals surface area contributed by atoms with E-state index in [1.807, 2.05) is 0 Å². The maximum atomic E-state index is 6.12. The van der Waals surface area contributed by atoms with E-state index in [-0.39, 0.29) is 11.1 Å². The Hall–Kier alpha value is -0.120. The molecule has 1 aliphatic rings. The van der Waals surface area contributed by atoms with Crippen molar-refractivity contribution < 1.29 is 0 Å². The lowest BCUT2D eigenvalue weighted by Gasteiger charge is -2.53. The SMILES string of the molecule is CCN1CCC(CN)(N(C)C(C)(C)CC)CC1. The molecule has 1 fully saturated rings. The maximum Gasteiger partial charge on any atom is 0.0358 e. The Labute approximate surface area is 107 Å². The first kappa shape index (κ1) is 14.9. The Morgan fingerprint density at radius 1 is 1.24 bits per heavy atom. The van der Waals surface area contributed by atoms with Crippen LogP contribution in [-0.4, -0.2) is 54.1 Å². The van der Waals surface area contributed by atoms with E-state index in [2.05, 4.69) is 44.5 Å². The highest BCUT2D eigenvalue weighted by atomic mass is 15.3. The second-order valence-electron chi connectivity index (χ2n) is 6.09. The monoisotopic (exact) mass is 241 g/mol. The van der Waals surface area contributed by atoms with E-state index in [1.165, 1.54) is 38.9 Å². The lowest BCUT2D eigenvalue weighted by molar-refractivity contribution is -0.0182. The molecule has 0 unspecified atom stereocenters. The van der Waals surface area contributed by atoms with Gasteiger partial charge >= 0.3 is 0 Å². The summed E-state index contributed by atoms with van der Waals surface area (Å²) in [5.74, 6) is 0. The molecule has 0 aromatic rings. The zero-order chi connectivity index (χ0) is 13.1. The first-order valence-corrected chi connectivity index (χ1v) is 7.08. The summed E-state index contributed by atoms with van der Waals surface area (Å²) in [4.78, 5) is 5.08. The molecule has 102 valence electrons. The second kappa shape index (κ2) is 5.68. The van der Waals surface area contributed by atoms with Gasteiger partial charge in [0.2, 0.25) is 0 Å². The van der Waals surface area contributed by atoms with Crippen LogP contribution in [0.1, 0.15) is 47.0 Å². The van der Waals surface area contributed by atoms with Crippen molar-refractivity contribution in [2.45, 2.75) is 58.0 Å². The van der Waals surface area contributed by atoms with E-state index in [4.69, 9.17) is 5.73 Å². The van der Waals surface area contributed by atoms with Gasteiger partial charge in [0.15, 0.2) is 0 Å². The number of hydrogen-bond donors (Lipinski definition) is 1. The van der Waals surface area contributed by atoms with Gasteiger partial charge in [-0.2, -0.15) is 0 Å². The van der Waals surface area contributed by atoms with Gasteiger partial charge in [-0.1, -0.05) is 13.8 Å². The molecule has 1 heterocycles. The average Bonchev–Trinajstić information content (AvgIpc) is 2.38. The van der Waals surface area contributed by atoms with Crippen LogP contribution in [0.25, 0.3) is 0 Å². The Bertz CT molecular complexity index is 230. The molecule has 1 aliphatic heterocycles. The van der Waals surface area contributed by atoms with Crippen LogP contribution < -0.4 is 5.73 Å². The summed E-state index contributed by atoms with van der Waals surface area (Å²) in [5, 5.41) is 0. The first-order chi connectivity index (χ1) is 7.91. The number of likely N-dealkylation sites (tertiary alicyclic amines) is 1. The smallest absolute Gasteiger partial charge is 0.0358 e. The molecule has 0 aliphatic carbocycles. The molecule has 0 saturated carbocycles. The third-order valence-electron chi connectivity index (χ3n) is 5.10. The molecule has 0 bridgehead atoms. The van der Waals surface area contributed by atoms with E-state index in [0.29, 0.717) is 0 Å². The Kier molecular flexibility index (Phi) is 4.99. The van der Waals surface area contributed by atoms with Gasteiger partial charge in [-0.05, 0) is 59.8 Å².